The van der Waals surface area contributed by atoms with E-state index in [0.29, 0.717) is 23.8 Å². The molecule has 3 rings (SSSR count). The molecular formula is C16H20N6O. The highest BCUT2D eigenvalue weighted by molar-refractivity contribution is 5.93. The summed E-state index contributed by atoms with van der Waals surface area (Å²) in [7, 11) is 1.89. The van der Waals surface area contributed by atoms with Gasteiger partial charge in [0.2, 0.25) is 0 Å². The summed E-state index contributed by atoms with van der Waals surface area (Å²) >= 11 is 0. The molecule has 7 heteroatoms. The number of fused-ring (bicyclic) bond motifs is 1. The van der Waals surface area contributed by atoms with E-state index < -0.39 is 0 Å². The number of hydrogen-bond donors (Lipinski definition) is 1. The molecule has 3 aromatic rings. The summed E-state index contributed by atoms with van der Waals surface area (Å²) in [5.41, 5.74) is 3.87. The van der Waals surface area contributed by atoms with E-state index in [1.54, 1.807) is 27.7 Å². The second kappa shape index (κ2) is 5.83. The highest BCUT2D eigenvalue weighted by Crippen LogP contribution is 2.22. The lowest BCUT2D eigenvalue weighted by Gasteiger charge is -2.05. The zero-order valence-electron chi connectivity index (χ0n) is 13.7. The maximum absolute atomic E-state index is 12.2. The first-order valence-electron chi connectivity index (χ1n) is 7.59. The van der Waals surface area contributed by atoms with Crippen LogP contribution in [0.3, 0.4) is 0 Å². The number of amides is 1. The van der Waals surface area contributed by atoms with Gasteiger partial charge >= 0.3 is 0 Å². The molecule has 0 aliphatic carbocycles. The van der Waals surface area contributed by atoms with Crippen LogP contribution >= 0.6 is 0 Å². The molecule has 0 aliphatic heterocycles. The Labute approximate surface area is 134 Å². The number of carbonyl (C=O) groups is 1. The van der Waals surface area contributed by atoms with Crippen molar-refractivity contribution in [1.29, 1.82) is 0 Å². The molecule has 0 fully saturated rings. The highest BCUT2D eigenvalue weighted by atomic mass is 16.1. The third-order valence-corrected chi connectivity index (χ3v) is 3.77. The molecular weight excluding hydrogens is 292 g/mol. The smallest absolute Gasteiger partial charge is 0.271 e. The van der Waals surface area contributed by atoms with Crippen molar-refractivity contribution < 1.29 is 4.79 Å². The molecule has 3 aromatic heterocycles. The molecule has 0 radical (unpaired) electrons. The van der Waals surface area contributed by atoms with Gasteiger partial charge in [-0.05, 0) is 18.9 Å². The number of hydrogen-bond acceptors (Lipinski definition) is 4. The maximum Gasteiger partial charge on any atom is 0.271 e. The minimum absolute atomic E-state index is 0.182. The number of nitrogens with one attached hydrogen (secondary N) is 1. The first-order valence-corrected chi connectivity index (χ1v) is 7.59. The Bertz CT molecular complexity index is 861. The van der Waals surface area contributed by atoms with Crippen LogP contribution in [0.2, 0.25) is 0 Å². The molecule has 0 saturated carbocycles. The van der Waals surface area contributed by atoms with Crippen molar-refractivity contribution in [3.8, 4) is 11.3 Å². The quantitative estimate of drug-likeness (QED) is 0.797. The van der Waals surface area contributed by atoms with E-state index in [9.17, 15) is 4.79 Å². The van der Waals surface area contributed by atoms with Crippen LogP contribution < -0.4 is 5.32 Å². The summed E-state index contributed by atoms with van der Waals surface area (Å²) in [6.45, 7) is 6.71. The Kier molecular flexibility index (Phi) is 3.85. The lowest BCUT2D eigenvalue weighted by Crippen LogP contribution is -2.27. The van der Waals surface area contributed by atoms with E-state index in [1.165, 1.54) is 0 Å². The second-order valence-electron chi connectivity index (χ2n) is 6.00. The number of carbonyl (C=O) groups excluding carboxylic acids is 1. The van der Waals surface area contributed by atoms with E-state index >= 15 is 0 Å². The topological polar surface area (TPSA) is 77.1 Å². The Morgan fingerprint density at radius 3 is 2.83 bits per heavy atom. The SMILES string of the molecule is Cc1c(-c2ccnc3cc(C(=O)NCC(C)C)nn23)cnn1C. The predicted molar refractivity (Wildman–Crippen MR) is 87.1 cm³/mol. The zero-order valence-corrected chi connectivity index (χ0v) is 13.7. The number of nitrogens with zero attached hydrogens (tertiary/aromatic N) is 5. The minimum atomic E-state index is -0.182. The molecule has 0 unspecified atom stereocenters. The average Bonchev–Trinajstić information content (AvgIpc) is 3.09. The lowest BCUT2D eigenvalue weighted by molar-refractivity contribution is 0.0943. The zero-order chi connectivity index (χ0) is 16.6. The van der Waals surface area contributed by atoms with Gasteiger partial charge in [0.15, 0.2) is 11.3 Å². The molecule has 1 N–H and O–H groups in total. The summed E-state index contributed by atoms with van der Waals surface area (Å²) in [6.07, 6.45) is 3.51. The standard InChI is InChI=1S/C16H20N6O/c1-10(2)8-18-16(23)13-7-15-17-6-5-14(22(15)20-13)12-9-19-21(4)11(12)3/h5-7,9-10H,8H2,1-4H3,(H,18,23). The average molecular weight is 312 g/mol. The van der Waals surface area contributed by atoms with Crippen LogP contribution in [0.4, 0.5) is 0 Å². The van der Waals surface area contributed by atoms with Crippen molar-refractivity contribution in [2.45, 2.75) is 20.8 Å². The minimum Gasteiger partial charge on any atom is -0.350 e. The predicted octanol–water partition coefficient (Wildman–Crippen LogP) is 1.82. The van der Waals surface area contributed by atoms with Gasteiger partial charge in [0.1, 0.15) is 0 Å². The lowest BCUT2D eigenvalue weighted by atomic mass is 10.2. The van der Waals surface area contributed by atoms with Crippen molar-refractivity contribution in [2.24, 2.45) is 13.0 Å². The maximum atomic E-state index is 12.2. The Morgan fingerprint density at radius 2 is 2.17 bits per heavy atom. The molecule has 3 heterocycles. The fourth-order valence-corrected chi connectivity index (χ4v) is 2.35. The first-order chi connectivity index (χ1) is 11.0. The fourth-order valence-electron chi connectivity index (χ4n) is 2.35. The third-order valence-electron chi connectivity index (χ3n) is 3.77. The monoisotopic (exact) mass is 312 g/mol. The van der Waals surface area contributed by atoms with Crippen LogP contribution in [-0.2, 0) is 7.05 Å². The molecule has 1 amide bonds. The van der Waals surface area contributed by atoms with Crippen molar-refractivity contribution in [1.82, 2.24) is 29.7 Å². The number of aryl methyl sites for hydroxylation is 1. The molecule has 7 nitrogen and oxygen atoms in total. The molecule has 0 saturated heterocycles. The van der Waals surface area contributed by atoms with Gasteiger partial charge in [-0.3, -0.25) is 9.48 Å². The van der Waals surface area contributed by atoms with Crippen molar-refractivity contribution in [2.75, 3.05) is 6.54 Å². The summed E-state index contributed by atoms with van der Waals surface area (Å²) < 4.78 is 3.50. The molecule has 0 aliphatic rings. The molecule has 120 valence electrons. The fraction of sp³-hybridized carbons (Fsp3) is 0.375. The van der Waals surface area contributed by atoms with E-state index in [1.807, 2.05) is 20.0 Å². The number of rotatable bonds is 4. The Morgan fingerprint density at radius 1 is 1.39 bits per heavy atom. The second-order valence-corrected chi connectivity index (χ2v) is 6.00. The molecule has 0 spiro atoms. The first kappa shape index (κ1) is 15.2. The van der Waals surface area contributed by atoms with Gasteiger partial charge < -0.3 is 5.32 Å². The molecule has 0 aromatic carbocycles. The van der Waals surface area contributed by atoms with Gasteiger partial charge in [0, 0.05) is 37.1 Å². The largest absolute Gasteiger partial charge is 0.350 e. The van der Waals surface area contributed by atoms with Gasteiger partial charge in [0.05, 0.1) is 11.9 Å². The summed E-state index contributed by atoms with van der Waals surface area (Å²) in [5.74, 6) is 0.209. The highest BCUT2D eigenvalue weighted by Gasteiger charge is 2.16. The van der Waals surface area contributed by atoms with Crippen LogP contribution in [-0.4, -0.2) is 36.8 Å². The van der Waals surface area contributed by atoms with Crippen LogP contribution in [0.15, 0.2) is 24.5 Å². The van der Waals surface area contributed by atoms with Gasteiger partial charge in [-0.2, -0.15) is 10.2 Å². The van der Waals surface area contributed by atoms with Crippen LogP contribution in [0.1, 0.15) is 30.0 Å². The molecule has 23 heavy (non-hydrogen) atoms. The van der Waals surface area contributed by atoms with E-state index in [0.717, 1.165) is 17.0 Å². The van der Waals surface area contributed by atoms with Gasteiger partial charge in [-0.25, -0.2) is 9.50 Å². The van der Waals surface area contributed by atoms with Crippen molar-refractivity contribution >= 4 is 11.6 Å². The van der Waals surface area contributed by atoms with E-state index in [2.05, 4.69) is 34.3 Å². The van der Waals surface area contributed by atoms with Crippen LogP contribution in [0.5, 0.6) is 0 Å². The van der Waals surface area contributed by atoms with Crippen LogP contribution in [0, 0.1) is 12.8 Å². The third kappa shape index (κ3) is 2.81. The Balaban J connectivity index is 2.02. The van der Waals surface area contributed by atoms with Crippen molar-refractivity contribution in [3.05, 3.63) is 35.9 Å². The number of aromatic nitrogens is 5. The van der Waals surface area contributed by atoms with Crippen molar-refractivity contribution in [3.63, 3.8) is 0 Å². The van der Waals surface area contributed by atoms with E-state index in [4.69, 9.17) is 0 Å². The summed E-state index contributed by atoms with van der Waals surface area (Å²) in [4.78, 5) is 16.5. The van der Waals surface area contributed by atoms with Gasteiger partial charge in [-0.1, -0.05) is 13.8 Å². The molecule has 0 atom stereocenters. The van der Waals surface area contributed by atoms with E-state index in [-0.39, 0.29) is 5.91 Å². The van der Waals surface area contributed by atoms with Gasteiger partial charge in [-0.15, -0.1) is 0 Å². The molecule has 0 bridgehead atoms. The summed E-state index contributed by atoms with van der Waals surface area (Å²) in [5, 5.41) is 11.6. The Hall–Kier alpha value is -2.70. The normalized spacial score (nSPS) is 11.3. The van der Waals surface area contributed by atoms with Gasteiger partial charge in [0.25, 0.3) is 5.91 Å². The summed E-state index contributed by atoms with van der Waals surface area (Å²) in [6, 6.07) is 3.57. The van der Waals surface area contributed by atoms with Crippen LogP contribution in [0.25, 0.3) is 16.9 Å².